The van der Waals surface area contributed by atoms with E-state index in [4.69, 9.17) is 11.6 Å². The van der Waals surface area contributed by atoms with Crippen LogP contribution >= 0.6 is 11.6 Å². The number of anilines is 1. The molecule has 1 aliphatic carbocycles. The van der Waals surface area contributed by atoms with Crippen molar-refractivity contribution in [3.63, 3.8) is 0 Å². The van der Waals surface area contributed by atoms with E-state index in [9.17, 15) is 14.0 Å². The molecule has 7 heteroatoms. The fourth-order valence-electron chi connectivity index (χ4n) is 3.93. The minimum Gasteiger partial charge on any atom is -0.324 e. The van der Waals surface area contributed by atoms with Crippen LogP contribution in [-0.2, 0) is 16.1 Å². The third-order valence-corrected chi connectivity index (χ3v) is 5.81. The molecule has 5 nitrogen and oxygen atoms in total. The largest absolute Gasteiger partial charge is 0.324 e. The fourth-order valence-corrected chi connectivity index (χ4v) is 4.14. The average molecular weight is 402 g/mol. The molecule has 0 N–H and O–H groups in total. The molecule has 1 saturated heterocycles. The third kappa shape index (κ3) is 3.49. The van der Waals surface area contributed by atoms with Gasteiger partial charge >= 0.3 is 0 Å². The zero-order valence-electron chi connectivity index (χ0n) is 15.6. The molecule has 2 amide bonds. The molecule has 0 radical (unpaired) electrons. The number of aromatic nitrogens is 1. The van der Waals surface area contributed by atoms with E-state index in [2.05, 4.69) is 4.98 Å². The van der Waals surface area contributed by atoms with Crippen LogP contribution in [0.1, 0.15) is 30.4 Å². The number of amides is 2. The molecule has 1 saturated carbocycles. The first-order chi connectivity index (χ1) is 13.4. The fraction of sp³-hybridized carbons (Fsp3) is 0.381. The van der Waals surface area contributed by atoms with E-state index in [0.29, 0.717) is 17.4 Å². The quantitative estimate of drug-likeness (QED) is 0.784. The van der Waals surface area contributed by atoms with Gasteiger partial charge in [0.05, 0.1) is 5.02 Å². The molecule has 1 aromatic heterocycles. The van der Waals surface area contributed by atoms with Gasteiger partial charge in [0.1, 0.15) is 24.2 Å². The van der Waals surface area contributed by atoms with Crippen LogP contribution < -0.4 is 4.90 Å². The second-order valence-corrected chi connectivity index (χ2v) is 7.94. The van der Waals surface area contributed by atoms with E-state index < -0.39 is 6.04 Å². The first-order valence-electron chi connectivity index (χ1n) is 9.41. The Morgan fingerprint density at radius 3 is 2.54 bits per heavy atom. The summed E-state index contributed by atoms with van der Waals surface area (Å²) in [7, 11) is 0. The Labute approximate surface area is 168 Å². The van der Waals surface area contributed by atoms with Gasteiger partial charge in [-0.25, -0.2) is 9.37 Å². The monoisotopic (exact) mass is 401 g/mol. The molecule has 2 aromatic rings. The number of carbonyl (C=O) groups excluding carboxylic acids is 2. The number of pyridine rings is 1. The lowest BCUT2D eigenvalue weighted by Gasteiger charge is -2.46. The number of benzene rings is 1. The van der Waals surface area contributed by atoms with E-state index in [1.165, 1.54) is 23.2 Å². The van der Waals surface area contributed by atoms with Gasteiger partial charge in [0.15, 0.2) is 0 Å². The molecule has 2 heterocycles. The van der Waals surface area contributed by atoms with Crippen LogP contribution in [0.2, 0.25) is 5.02 Å². The summed E-state index contributed by atoms with van der Waals surface area (Å²) in [6.07, 6.45) is 4.39. The van der Waals surface area contributed by atoms with Gasteiger partial charge in [-0.3, -0.25) is 14.5 Å². The third-order valence-electron chi connectivity index (χ3n) is 5.60. The molecule has 0 spiro atoms. The summed E-state index contributed by atoms with van der Waals surface area (Å²) < 4.78 is 13.2. The SMILES string of the molecule is Cc1cc(Cl)cnc1N1CC(=O)N(Cc2ccc(F)cc2)C(C2CCC2)C1=O. The van der Waals surface area contributed by atoms with Gasteiger partial charge in [0, 0.05) is 12.7 Å². The van der Waals surface area contributed by atoms with Crippen molar-refractivity contribution in [2.45, 2.75) is 38.8 Å². The Kier molecular flexibility index (Phi) is 5.06. The lowest BCUT2D eigenvalue weighted by Crippen LogP contribution is -2.63. The van der Waals surface area contributed by atoms with Crippen molar-refractivity contribution < 1.29 is 14.0 Å². The standard InChI is InChI=1S/C21H21ClFN3O2/c1-13-9-16(22)10-24-20(13)26-12-18(27)25(11-14-5-7-17(23)8-6-14)19(21(26)28)15-3-2-4-15/h5-10,15,19H,2-4,11-12H2,1H3. The highest BCUT2D eigenvalue weighted by Gasteiger charge is 2.46. The number of hydrogen-bond donors (Lipinski definition) is 0. The number of halogens is 2. The maximum atomic E-state index is 13.4. The second kappa shape index (κ2) is 7.51. The van der Waals surface area contributed by atoms with Crippen molar-refractivity contribution in [3.05, 3.63) is 58.5 Å². The summed E-state index contributed by atoms with van der Waals surface area (Å²) in [6, 6.07) is 7.28. The van der Waals surface area contributed by atoms with Gasteiger partial charge in [0.2, 0.25) is 5.91 Å². The molecule has 0 bridgehead atoms. The van der Waals surface area contributed by atoms with Gasteiger partial charge in [-0.1, -0.05) is 30.2 Å². The highest BCUT2D eigenvalue weighted by molar-refractivity contribution is 6.30. The van der Waals surface area contributed by atoms with Crippen LogP contribution in [-0.4, -0.2) is 34.3 Å². The lowest BCUT2D eigenvalue weighted by atomic mass is 9.77. The summed E-state index contributed by atoms with van der Waals surface area (Å²) in [4.78, 5) is 33.9. The molecule has 28 heavy (non-hydrogen) atoms. The maximum Gasteiger partial charge on any atom is 0.251 e. The molecular formula is C21H21ClFN3O2. The minimum atomic E-state index is -0.517. The molecule has 1 unspecified atom stereocenters. The van der Waals surface area contributed by atoms with Crippen LogP contribution in [0.4, 0.5) is 10.2 Å². The van der Waals surface area contributed by atoms with Gasteiger partial charge in [-0.2, -0.15) is 0 Å². The van der Waals surface area contributed by atoms with E-state index in [-0.39, 0.29) is 30.1 Å². The topological polar surface area (TPSA) is 53.5 Å². The van der Waals surface area contributed by atoms with Crippen molar-refractivity contribution in [2.24, 2.45) is 5.92 Å². The first-order valence-corrected chi connectivity index (χ1v) is 9.79. The highest BCUT2D eigenvalue weighted by Crippen LogP contribution is 2.37. The number of nitrogens with zero attached hydrogens (tertiary/aromatic N) is 3. The predicted molar refractivity (Wildman–Crippen MR) is 104 cm³/mol. The predicted octanol–water partition coefficient (Wildman–Crippen LogP) is 3.73. The Morgan fingerprint density at radius 1 is 1.21 bits per heavy atom. The Morgan fingerprint density at radius 2 is 1.93 bits per heavy atom. The van der Waals surface area contributed by atoms with Crippen LogP contribution in [0.25, 0.3) is 0 Å². The molecular weight excluding hydrogens is 381 g/mol. The van der Waals surface area contributed by atoms with Crippen molar-refractivity contribution in [1.29, 1.82) is 0 Å². The lowest BCUT2D eigenvalue weighted by molar-refractivity contribution is -0.147. The molecule has 4 rings (SSSR count). The minimum absolute atomic E-state index is 0.0568. The summed E-state index contributed by atoms with van der Waals surface area (Å²) in [6.45, 7) is 2.07. The van der Waals surface area contributed by atoms with E-state index in [1.54, 1.807) is 23.1 Å². The Bertz CT molecular complexity index is 914. The van der Waals surface area contributed by atoms with E-state index in [1.807, 2.05) is 6.92 Å². The normalized spacial score (nSPS) is 20.5. The summed E-state index contributed by atoms with van der Waals surface area (Å²) >= 11 is 5.99. The van der Waals surface area contributed by atoms with Gasteiger partial charge < -0.3 is 4.90 Å². The number of carbonyl (C=O) groups is 2. The van der Waals surface area contributed by atoms with Crippen LogP contribution in [0, 0.1) is 18.7 Å². The van der Waals surface area contributed by atoms with Crippen LogP contribution in [0.5, 0.6) is 0 Å². The van der Waals surface area contributed by atoms with Crippen molar-refractivity contribution in [3.8, 4) is 0 Å². The molecule has 2 aliphatic rings. The molecule has 1 atom stereocenters. The van der Waals surface area contributed by atoms with Crippen molar-refractivity contribution >= 4 is 29.2 Å². The van der Waals surface area contributed by atoms with E-state index in [0.717, 1.165) is 30.4 Å². The van der Waals surface area contributed by atoms with Crippen molar-refractivity contribution in [1.82, 2.24) is 9.88 Å². The molecule has 146 valence electrons. The zero-order chi connectivity index (χ0) is 19.8. The summed E-state index contributed by atoms with van der Waals surface area (Å²) in [5.74, 6) is 0.0675. The molecule has 2 fully saturated rings. The van der Waals surface area contributed by atoms with Gasteiger partial charge in [-0.15, -0.1) is 0 Å². The summed E-state index contributed by atoms with van der Waals surface area (Å²) in [5, 5.41) is 0.491. The number of piperazine rings is 1. The smallest absolute Gasteiger partial charge is 0.251 e. The van der Waals surface area contributed by atoms with Gasteiger partial charge in [0.25, 0.3) is 5.91 Å². The second-order valence-electron chi connectivity index (χ2n) is 7.50. The average Bonchev–Trinajstić information content (AvgIpc) is 2.61. The van der Waals surface area contributed by atoms with Crippen molar-refractivity contribution in [2.75, 3.05) is 11.4 Å². The maximum absolute atomic E-state index is 13.4. The van der Waals surface area contributed by atoms with Crippen LogP contribution in [0.15, 0.2) is 36.5 Å². The Balaban J connectivity index is 1.65. The summed E-state index contributed by atoms with van der Waals surface area (Å²) in [5.41, 5.74) is 1.56. The number of hydrogen-bond acceptors (Lipinski definition) is 3. The first kappa shape index (κ1) is 18.9. The Hall–Kier alpha value is -2.47. The number of aryl methyl sites for hydroxylation is 1. The van der Waals surface area contributed by atoms with Crippen LogP contribution in [0.3, 0.4) is 0 Å². The molecule has 1 aromatic carbocycles. The van der Waals surface area contributed by atoms with E-state index >= 15 is 0 Å². The van der Waals surface area contributed by atoms with Gasteiger partial charge in [-0.05, 0) is 55.0 Å². The zero-order valence-corrected chi connectivity index (χ0v) is 16.3. The highest BCUT2D eigenvalue weighted by atomic mass is 35.5. The molecule has 1 aliphatic heterocycles. The number of rotatable bonds is 4.